The summed E-state index contributed by atoms with van der Waals surface area (Å²) >= 11 is 1.62. The fourth-order valence-corrected chi connectivity index (χ4v) is 4.44. The Morgan fingerprint density at radius 1 is 1.29 bits per heavy atom. The standard InChI is InChI=1S/C23H24N4O3S/c1-30-19-5-2-4-18(13-19)27-14-17(12-22(27)28)23(29)25-9-3-6-21-26-20(15-31-21)16-7-10-24-11-8-16/h2,4-5,7-8,10-11,13,15,17H,3,6,9,12,14H2,1H3,(H,25,29). The van der Waals surface area contributed by atoms with Gasteiger partial charge in [-0.05, 0) is 30.7 Å². The van der Waals surface area contributed by atoms with Gasteiger partial charge in [0.2, 0.25) is 11.8 Å². The molecule has 1 atom stereocenters. The van der Waals surface area contributed by atoms with E-state index in [0.717, 1.165) is 34.8 Å². The molecule has 0 saturated carbocycles. The second-order valence-electron chi connectivity index (χ2n) is 7.36. The first-order valence-corrected chi connectivity index (χ1v) is 11.1. The van der Waals surface area contributed by atoms with E-state index in [0.29, 0.717) is 18.8 Å². The Hall–Kier alpha value is -3.26. The summed E-state index contributed by atoms with van der Waals surface area (Å²) in [6.45, 7) is 0.951. The molecule has 31 heavy (non-hydrogen) atoms. The number of hydrogen-bond donors (Lipinski definition) is 1. The van der Waals surface area contributed by atoms with Crippen molar-refractivity contribution in [2.75, 3.05) is 25.1 Å². The normalized spacial score (nSPS) is 15.8. The average molecular weight is 437 g/mol. The molecule has 0 bridgehead atoms. The zero-order chi connectivity index (χ0) is 21.6. The summed E-state index contributed by atoms with van der Waals surface area (Å²) in [6.07, 6.45) is 5.34. The lowest BCUT2D eigenvalue weighted by Gasteiger charge is -2.17. The Morgan fingerprint density at radius 2 is 2.13 bits per heavy atom. The molecule has 2 aromatic heterocycles. The molecule has 1 saturated heterocycles. The van der Waals surface area contributed by atoms with Crippen molar-refractivity contribution < 1.29 is 14.3 Å². The van der Waals surface area contributed by atoms with E-state index in [9.17, 15) is 9.59 Å². The monoisotopic (exact) mass is 436 g/mol. The second-order valence-corrected chi connectivity index (χ2v) is 8.31. The van der Waals surface area contributed by atoms with Crippen molar-refractivity contribution >= 4 is 28.8 Å². The Kier molecular flexibility index (Phi) is 6.57. The molecule has 8 heteroatoms. The summed E-state index contributed by atoms with van der Waals surface area (Å²) < 4.78 is 5.23. The van der Waals surface area contributed by atoms with Crippen molar-refractivity contribution in [1.82, 2.24) is 15.3 Å². The summed E-state index contributed by atoms with van der Waals surface area (Å²) in [7, 11) is 1.59. The molecule has 1 aliphatic rings. The van der Waals surface area contributed by atoms with Gasteiger partial charge in [-0.2, -0.15) is 0 Å². The quantitative estimate of drug-likeness (QED) is 0.548. The van der Waals surface area contributed by atoms with E-state index in [4.69, 9.17) is 4.74 Å². The van der Waals surface area contributed by atoms with Gasteiger partial charge in [0, 0.05) is 61.0 Å². The van der Waals surface area contributed by atoms with Crippen LogP contribution in [-0.2, 0) is 16.0 Å². The van der Waals surface area contributed by atoms with Gasteiger partial charge in [0.1, 0.15) is 5.75 Å². The van der Waals surface area contributed by atoms with Gasteiger partial charge in [-0.1, -0.05) is 6.07 Å². The van der Waals surface area contributed by atoms with E-state index in [2.05, 4.69) is 15.3 Å². The third-order valence-corrected chi connectivity index (χ3v) is 6.16. The largest absolute Gasteiger partial charge is 0.497 e. The maximum absolute atomic E-state index is 12.6. The molecule has 1 N–H and O–H groups in total. The zero-order valence-corrected chi connectivity index (χ0v) is 18.1. The number of rotatable bonds is 8. The highest BCUT2D eigenvalue weighted by Crippen LogP contribution is 2.28. The first-order chi connectivity index (χ1) is 15.1. The number of hydrogen-bond acceptors (Lipinski definition) is 6. The van der Waals surface area contributed by atoms with Crippen LogP contribution in [0.25, 0.3) is 11.3 Å². The molecule has 0 spiro atoms. The molecular weight excluding hydrogens is 412 g/mol. The number of nitrogens with one attached hydrogen (secondary N) is 1. The number of pyridine rings is 1. The molecule has 1 aromatic carbocycles. The molecule has 4 rings (SSSR count). The number of thiazole rings is 1. The molecule has 2 amide bonds. The van der Waals surface area contributed by atoms with Crippen molar-refractivity contribution in [3.05, 3.63) is 59.2 Å². The van der Waals surface area contributed by atoms with Crippen LogP contribution in [0.2, 0.25) is 0 Å². The number of benzene rings is 1. The third kappa shape index (κ3) is 5.08. The van der Waals surface area contributed by atoms with Crippen molar-refractivity contribution in [2.45, 2.75) is 19.3 Å². The smallest absolute Gasteiger partial charge is 0.227 e. The minimum atomic E-state index is -0.336. The zero-order valence-electron chi connectivity index (χ0n) is 17.3. The third-order valence-electron chi connectivity index (χ3n) is 5.26. The molecule has 7 nitrogen and oxygen atoms in total. The van der Waals surface area contributed by atoms with E-state index >= 15 is 0 Å². The number of ether oxygens (including phenoxy) is 1. The van der Waals surface area contributed by atoms with E-state index in [-0.39, 0.29) is 24.2 Å². The lowest BCUT2D eigenvalue weighted by Crippen LogP contribution is -2.33. The molecular formula is C23H24N4O3S. The molecule has 3 aromatic rings. The van der Waals surface area contributed by atoms with Gasteiger partial charge in [0.05, 0.1) is 23.7 Å². The number of anilines is 1. The van der Waals surface area contributed by atoms with E-state index < -0.39 is 0 Å². The van der Waals surface area contributed by atoms with Crippen LogP contribution in [-0.4, -0.2) is 42.0 Å². The van der Waals surface area contributed by atoms with Crippen LogP contribution in [0.5, 0.6) is 5.75 Å². The van der Waals surface area contributed by atoms with Gasteiger partial charge in [-0.25, -0.2) is 4.98 Å². The second kappa shape index (κ2) is 9.70. The molecule has 1 fully saturated rings. The number of carbonyl (C=O) groups excluding carboxylic acids is 2. The number of nitrogens with zero attached hydrogens (tertiary/aromatic N) is 3. The number of aromatic nitrogens is 2. The highest BCUT2D eigenvalue weighted by atomic mass is 32.1. The highest BCUT2D eigenvalue weighted by Gasteiger charge is 2.35. The predicted molar refractivity (Wildman–Crippen MR) is 120 cm³/mol. The van der Waals surface area contributed by atoms with E-state index in [1.165, 1.54) is 0 Å². The Labute approximate surface area is 185 Å². The van der Waals surface area contributed by atoms with E-state index in [1.807, 2.05) is 41.8 Å². The summed E-state index contributed by atoms with van der Waals surface area (Å²) in [5.74, 6) is 0.236. The maximum Gasteiger partial charge on any atom is 0.227 e. The first kappa shape index (κ1) is 21.0. The van der Waals surface area contributed by atoms with Crippen LogP contribution in [0.3, 0.4) is 0 Å². The van der Waals surface area contributed by atoms with Gasteiger partial charge in [0.25, 0.3) is 0 Å². The maximum atomic E-state index is 12.6. The van der Waals surface area contributed by atoms with Gasteiger partial charge >= 0.3 is 0 Å². The molecule has 1 unspecified atom stereocenters. The van der Waals surface area contributed by atoms with E-state index in [1.54, 1.807) is 35.7 Å². The van der Waals surface area contributed by atoms with Crippen LogP contribution in [0.15, 0.2) is 54.2 Å². The lowest BCUT2D eigenvalue weighted by atomic mass is 10.1. The van der Waals surface area contributed by atoms with Gasteiger partial charge in [-0.15, -0.1) is 11.3 Å². The molecule has 1 aliphatic heterocycles. The van der Waals surface area contributed by atoms with Crippen molar-refractivity contribution in [3.63, 3.8) is 0 Å². The number of amides is 2. The van der Waals surface area contributed by atoms with Crippen molar-refractivity contribution in [2.24, 2.45) is 5.92 Å². The highest BCUT2D eigenvalue weighted by molar-refractivity contribution is 7.09. The number of aryl methyl sites for hydroxylation is 1. The summed E-state index contributed by atoms with van der Waals surface area (Å²) in [4.78, 5) is 35.3. The first-order valence-electron chi connectivity index (χ1n) is 10.2. The van der Waals surface area contributed by atoms with Gasteiger partial charge < -0.3 is 15.0 Å². The average Bonchev–Trinajstić information content (AvgIpc) is 3.44. The van der Waals surface area contributed by atoms with Crippen molar-refractivity contribution in [3.8, 4) is 17.0 Å². The summed E-state index contributed by atoms with van der Waals surface area (Å²) in [5, 5.41) is 6.06. The Balaban J connectivity index is 1.24. The predicted octanol–water partition coefficient (Wildman–Crippen LogP) is 3.32. The van der Waals surface area contributed by atoms with Crippen LogP contribution in [0, 0.1) is 5.92 Å². The number of carbonyl (C=O) groups is 2. The fraction of sp³-hybridized carbons (Fsp3) is 0.304. The van der Waals surface area contributed by atoms with Crippen LogP contribution in [0.4, 0.5) is 5.69 Å². The van der Waals surface area contributed by atoms with Crippen LogP contribution < -0.4 is 15.0 Å². The van der Waals surface area contributed by atoms with Gasteiger partial charge in [0.15, 0.2) is 0 Å². The van der Waals surface area contributed by atoms with Crippen LogP contribution in [0.1, 0.15) is 17.8 Å². The van der Waals surface area contributed by atoms with Crippen LogP contribution >= 0.6 is 11.3 Å². The fourth-order valence-electron chi connectivity index (χ4n) is 3.59. The Morgan fingerprint density at radius 3 is 2.94 bits per heavy atom. The Bertz CT molecular complexity index is 1050. The summed E-state index contributed by atoms with van der Waals surface area (Å²) in [6, 6.07) is 11.2. The summed E-state index contributed by atoms with van der Waals surface area (Å²) in [5.41, 5.74) is 2.76. The van der Waals surface area contributed by atoms with Gasteiger partial charge in [-0.3, -0.25) is 14.6 Å². The minimum Gasteiger partial charge on any atom is -0.497 e. The number of methoxy groups -OCH3 is 1. The molecule has 160 valence electrons. The topological polar surface area (TPSA) is 84.4 Å². The molecule has 3 heterocycles. The lowest BCUT2D eigenvalue weighted by molar-refractivity contribution is -0.126. The minimum absolute atomic E-state index is 0.0418. The molecule has 0 radical (unpaired) electrons. The SMILES string of the molecule is COc1cccc(N2CC(C(=O)NCCCc3nc(-c4ccncc4)cs3)CC2=O)c1. The van der Waals surface area contributed by atoms with Crippen molar-refractivity contribution in [1.29, 1.82) is 0 Å². The molecule has 0 aliphatic carbocycles.